The molecule has 3 aromatic rings. The van der Waals surface area contributed by atoms with Crippen molar-refractivity contribution in [2.75, 3.05) is 18.0 Å². The summed E-state index contributed by atoms with van der Waals surface area (Å²) in [6, 6.07) is 1.61. The van der Waals surface area contributed by atoms with Gasteiger partial charge in [0.2, 0.25) is 11.4 Å². The molecule has 0 bridgehead atoms. The quantitative estimate of drug-likeness (QED) is 0.671. The molecule has 2 aromatic heterocycles. The number of ether oxygens (including phenoxy) is 1. The first-order valence-electron chi connectivity index (χ1n) is 8.47. The summed E-state index contributed by atoms with van der Waals surface area (Å²) < 4.78 is 27.8. The summed E-state index contributed by atoms with van der Waals surface area (Å²) in [7, 11) is 0. The van der Waals surface area contributed by atoms with E-state index in [4.69, 9.17) is 9.26 Å². The Labute approximate surface area is 149 Å². The van der Waals surface area contributed by atoms with Gasteiger partial charge in [-0.05, 0) is 32.4 Å². The van der Waals surface area contributed by atoms with Crippen LogP contribution in [0.15, 0.2) is 23.0 Å². The van der Waals surface area contributed by atoms with Crippen LogP contribution in [0, 0.1) is 12.7 Å². The molecule has 0 saturated carbocycles. The average Bonchev–Trinajstić information content (AvgIpc) is 3.19. The van der Waals surface area contributed by atoms with Crippen LogP contribution in [-0.2, 0) is 4.74 Å². The minimum absolute atomic E-state index is 0.0144. The van der Waals surface area contributed by atoms with E-state index in [0.29, 0.717) is 30.6 Å². The van der Waals surface area contributed by atoms with Crippen LogP contribution in [0.1, 0.15) is 29.8 Å². The molecule has 1 aliphatic heterocycles. The number of benzene rings is 1. The molecular weight excluding hydrogens is 339 g/mol. The highest BCUT2D eigenvalue weighted by Crippen LogP contribution is 2.35. The third kappa shape index (κ3) is 2.66. The van der Waals surface area contributed by atoms with Crippen molar-refractivity contribution in [3.63, 3.8) is 0 Å². The van der Waals surface area contributed by atoms with E-state index in [9.17, 15) is 4.79 Å². The van der Waals surface area contributed by atoms with Crippen molar-refractivity contribution in [2.45, 2.75) is 33.0 Å². The second-order valence-electron chi connectivity index (χ2n) is 6.75. The fourth-order valence-corrected chi connectivity index (χ4v) is 3.50. The van der Waals surface area contributed by atoms with Crippen molar-refractivity contribution in [3.8, 4) is 5.82 Å². The molecule has 136 valence electrons. The number of carbonyl (C=O) groups excluding carboxylic acids is 1. The molecule has 0 radical (unpaired) electrons. The molecular formula is C18H19FN4O3. The van der Waals surface area contributed by atoms with Gasteiger partial charge in [-0.15, -0.1) is 0 Å². The Morgan fingerprint density at radius 3 is 2.65 bits per heavy atom. The Kier molecular flexibility index (Phi) is 3.99. The summed E-state index contributed by atoms with van der Waals surface area (Å²) in [6.07, 6.45) is 3.96. The standard InChI is InChI=1S/C18H19FN4O3/c1-10-5-20-23(6-10)18-14-4-13(9-24)16(15(19)17(14)26-21-18)22-7-11(2)25-12(3)8-22/h4-6,9,11-12H,7-8H2,1-3H3. The lowest BCUT2D eigenvalue weighted by Crippen LogP contribution is -2.46. The topological polar surface area (TPSA) is 73.4 Å². The van der Waals surface area contributed by atoms with E-state index in [-0.39, 0.29) is 29.0 Å². The van der Waals surface area contributed by atoms with Crippen LogP contribution in [0.4, 0.5) is 10.1 Å². The summed E-state index contributed by atoms with van der Waals surface area (Å²) in [6.45, 7) is 6.72. The van der Waals surface area contributed by atoms with Crippen LogP contribution in [0.25, 0.3) is 16.8 Å². The number of aromatic nitrogens is 3. The number of rotatable bonds is 3. The molecule has 0 N–H and O–H groups in total. The lowest BCUT2D eigenvalue weighted by Gasteiger charge is -2.37. The second-order valence-corrected chi connectivity index (χ2v) is 6.75. The van der Waals surface area contributed by atoms with Crippen molar-refractivity contribution in [1.29, 1.82) is 0 Å². The number of aryl methyl sites for hydroxylation is 1. The van der Waals surface area contributed by atoms with E-state index in [2.05, 4.69) is 10.3 Å². The largest absolute Gasteiger partial charge is 0.372 e. The van der Waals surface area contributed by atoms with Crippen LogP contribution in [0.2, 0.25) is 0 Å². The number of morpholine rings is 1. The van der Waals surface area contributed by atoms with E-state index in [0.717, 1.165) is 5.56 Å². The van der Waals surface area contributed by atoms with E-state index in [1.165, 1.54) is 4.68 Å². The van der Waals surface area contributed by atoms with Crippen LogP contribution in [0.3, 0.4) is 0 Å². The maximum absolute atomic E-state index is 15.3. The molecule has 2 atom stereocenters. The minimum Gasteiger partial charge on any atom is -0.372 e. The zero-order valence-electron chi connectivity index (χ0n) is 14.8. The van der Waals surface area contributed by atoms with Gasteiger partial charge in [0.1, 0.15) is 0 Å². The molecule has 2 unspecified atom stereocenters. The van der Waals surface area contributed by atoms with Crippen molar-refractivity contribution in [3.05, 3.63) is 35.4 Å². The molecule has 0 aliphatic carbocycles. The first-order chi connectivity index (χ1) is 12.5. The molecule has 1 fully saturated rings. The number of aldehydes is 1. The summed E-state index contributed by atoms with van der Waals surface area (Å²) in [4.78, 5) is 13.5. The lowest BCUT2D eigenvalue weighted by molar-refractivity contribution is -0.00543. The summed E-state index contributed by atoms with van der Waals surface area (Å²) in [5.74, 6) is -0.237. The van der Waals surface area contributed by atoms with Gasteiger partial charge in [-0.3, -0.25) is 4.79 Å². The zero-order valence-corrected chi connectivity index (χ0v) is 14.8. The highest BCUT2D eigenvalue weighted by atomic mass is 19.1. The lowest BCUT2D eigenvalue weighted by atomic mass is 10.1. The third-order valence-electron chi connectivity index (χ3n) is 4.48. The minimum atomic E-state index is -0.589. The fraction of sp³-hybridized carbons (Fsp3) is 0.389. The normalized spacial score (nSPS) is 20.7. The number of fused-ring (bicyclic) bond motifs is 1. The SMILES string of the molecule is Cc1cnn(-c2noc3c(F)c(N4CC(C)OC(C)C4)c(C=O)cc23)c1. The zero-order chi connectivity index (χ0) is 18.4. The summed E-state index contributed by atoms with van der Waals surface area (Å²) in [5, 5.41) is 8.55. The molecule has 1 aromatic carbocycles. The highest BCUT2D eigenvalue weighted by molar-refractivity contribution is 5.97. The second kappa shape index (κ2) is 6.21. The predicted octanol–water partition coefficient (Wildman–Crippen LogP) is 2.89. The van der Waals surface area contributed by atoms with Gasteiger partial charge in [0.15, 0.2) is 12.1 Å². The third-order valence-corrected chi connectivity index (χ3v) is 4.48. The average molecular weight is 358 g/mol. The molecule has 26 heavy (non-hydrogen) atoms. The van der Waals surface area contributed by atoms with Gasteiger partial charge >= 0.3 is 0 Å². The van der Waals surface area contributed by atoms with Crippen LogP contribution < -0.4 is 4.90 Å². The van der Waals surface area contributed by atoms with Crippen molar-refractivity contribution in [2.24, 2.45) is 0 Å². The van der Waals surface area contributed by atoms with Gasteiger partial charge in [0.25, 0.3) is 0 Å². The Balaban J connectivity index is 1.87. The van der Waals surface area contributed by atoms with Gasteiger partial charge in [0, 0.05) is 24.8 Å². The number of hydrogen-bond donors (Lipinski definition) is 0. The molecule has 8 heteroatoms. The van der Waals surface area contributed by atoms with Crippen LogP contribution >= 0.6 is 0 Å². The van der Waals surface area contributed by atoms with Gasteiger partial charge < -0.3 is 14.2 Å². The fourth-order valence-electron chi connectivity index (χ4n) is 3.50. The maximum atomic E-state index is 15.3. The maximum Gasteiger partial charge on any atom is 0.206 e. The van der Waals surface area contributed by atoms with E-state index in [1.807, 2.05) is 25.7 Å². The molecule has 1 saturated heterocycles. The van der Waals surface area contributed by atoms with Gasteiger partial charge in [-0.25, -0.2) is 9.07 Å². The Morgan fingerprint density at radius 1 is 1.31 bits per heavy atom. The summed E-state index contributed by atoms with van der Waals surface area (Å²) in [5.41, 5.74) is 1.43. The van der Waals surface area contributed by atoms with Gasteiger partial charge in [0.05, 0.1) is 29.5 Å². The summed E-state index contributed by atoms with van der Waals surface area (Å²) >= 11 is 0. The monoisotopic (exact) mass is 358 g/mol. The van der Waals surface area contributed by atoms with Crippen molar-refractivity contribution in [1.82, 2.24) is 14.9 Å². The first-order valence-corrected chi connectivity index (χ1v) is 8.47. The Bertz CT molecular complexity index is 970. The smallest absolute Gasteiger partial charge is 0.206 e. The van der Waals surface area contributed by atoms with Crippen molar-refractivity contribution >= 4 is 22.9 Å². The number of halogens is 1. The molecule has 3 heterocycles. The first kappa shape index (κ1) is 16.7. The number of anilines is 1. The van der Waals surface area contributed by atoms with E-state index < -0.39 is 5.82 Å². The number of nitrogens with zero attached hydrogens (tertiary/aromatic N) is 4. The number of hydrogen-bond acceptors (Lipinski definition) is 6. The van der Waals surface area contributed by atoms with E-state index in [1.54, 1.807) is 18.5 Å². The number of carbonyl (C=O) groups is 1. The van der Waals surface area contributed by atoms with Crippen LogP contribution in [0.5, 0.6) is 0 Å². The molecule has 4 rings (SSSR count). The van der Waals surface area contributed by atoms with Crippen molar-refractivity contribution < 1.29 is 18.4 Å². The van der Waals surface area contributed by atoms with Gasteiger partial charge in [-0.1, -0.05) is 5.16 Å². The van der Waals surface area contributed by atoms with Crippen LogP contribution in [-0.4, -0.2) is 46.5 Å². The Hall–Kier alpha value is -2.74. The highest BCUT2D eigenvalue weighted by Gasteiger charge is 2.29. The van der Waals surface area contributed by atoms with Gasteiger partial charge in [-0.2, -0.15) is 5.10 Å². The molecule has 7 nitrogen and oxygen atoms in total. The molecule has 1 aliphatic rings. The molecule has 0 amide bonds. The van der Waals surface area contributed by atoms with E-state index >= 15 is 4.39 Å². The molecule has 0 spiro atoms. The predicted molar refractivity (Wildman–Crippen MR) is 93.4 cm³/mol. The Morgan fingerprint density at radius 2 is 2.04 bits per heavy atom.